The largest absolute Gasteiger partial charge is 0.377 e. The molecule has 1 N–H and O–H groups in total. The first-order valence-electron chi connectivity index (χ1n) is 8.66. The second-order valence-electron chi connectivity index (χ2n) is 6.91. The van der Waals surface area contributed by atoms with E-state index in [4.69, 9.17) is 0 Å². The van der Waals surface area contributed by atoms with E-state index in [9.17, 15) is 14.5 Å². The molecule has 0 unspecified atom stereocenters. The fraction of sp³-hybridized carbons (Fsp3) is 0.647. The highest BCUT2D eigenvalue weighted by Crippen LogP contribution is 2.28. The van der Waals surface area contributed by atoms with E-state index < -0.39 is 10.7 Å². The van der Waals surface area contributed by atoms with Crippen molar-refractivity contribution in [3.63, 3.8) is 0 Å². The van der Waals surface area contributed by atoms with Crippen LogP contribution in [0.2, 0.25) is 0 Å². The molecule has 7 heteroatoms. The zero-order chi connectivity index (χ0) is 17.1. The summed E-state index contributed by atoms with van der Waals surface area (Å²) in [7, 11) is 2.17. The number of nitrogens with one attached hydrogen (secondary N) is 1. The third-order valence-corrected chi connectivity index (χ3v) is 5.25. The van der Waals surface area contributed by atoms with Gasteiger partial charge in [-0.25, -0.2) is 4.39 Å². The molecule has 0 aromatic heterocycles. The van der Waals surface area contributed by atoms with E-state index in [0.717, 1.165) is 45.1 Å². The summed E-state index contributed by atoms with van der Waals surface area (Å²) in [5.74, 6) is -0.579. The van der Waals surface area contributed by atoms with Crippen LogP contribution in [0.15, 0.2) is 18.2 Å². The van der Waals surface area contributed by atoms with Gasteiger partial charge in [-0.3, -0.25) is 10.1 Å². The predicted molar refractivity (Wildman–Crippen MR) is 91.8 cm³/mol. The van der Waals surface area contributed by atoms with Crippen LogP contribution >= 0.6 is 0 Å². The number of nitrogens with zero attached hydrogens (tertiary/aromatic N) is 3. The molecule has 2 heterocycles. The number of benzene rings is 1. The van der Waals surface area contributed by atoms with E-state index in [1.54, 1.807) is 0 Å². The van der Waals surface area contributed by atoms with Crippen molar-refractivity contribution >= 4 is 11.4 Å². The lowest BCUT2D eigenvalue weighted by Gasteiger charge is -2.41. The van der Waals surface area contributed by atoms with Gasteiger partial charge < -0.3 is 15.1 Å². The number of likely N-dealkylation sites (tertiary alicyclic amines) is 2. The van der Waals surface area contributed by atoms with Gasteiger partial charge in [-0.15, -0.1) is 0 Å². The van der Waals surface area contributed by atoms with Crippen LogP contribution in [0.3, 0.4) is 0 Å². The van der Waals surface area contributed by atoms with E-state index in [2.05, 4.69) is 22.2 Å². The molecule has 132 valence electrons. The molecule has 24 heavy (non-hydrogen) atoms. The van der Waals surface area contributed by atoms with E-state index in [1.807, 2.05) is 0 Å². The quantitative estimate of drug-likeness (QED) is 0.677. The van der Waals surface area contributed by atoms with Gasteiger partial charge in [0.15, 0.2) is 0 Å². The van der Waals surface area contributed by atoms with Crippen LogP contribution in [0.5, 0.6) is 0 Å². The van der Waals surface area contributed by atoms with E-state index in [-0.39, 0.29) is 11.7 Å². The van der Waals surface area contributed by atoms with Gasteiger partial charge in [0, 0.05) is 25.2 Å². The van der Waals surface area contributed by atoms with Crippen LogP contribution in [0, 0.1) is 15.9 Å². The van der Waals surface area contributed by atoms with Crippen LogP contribution in [0.1, 0.15) is 25.7 Å². The Hall–Kier alpha value is -1.73. The maximum absolute atomic E-state index is 13.2. The highest BCUT2D eigenvalue weighted by molar-refractivity contribution is 5.61. The average molecular weight is 336 g/mol. The molecule has 6 nitrogen and oxygen atoms in total. The normalized spacial score (nSPS) is 21.8. The van der Waals surface area contributed by atoms with Crippen molar-refractivity contribution in [1.29, 1.82) is 0 Å². The molecule has 1 aromatic carbocycles. The predicted octanol–water partition coefficient (Wildman–Crippen LogP) is 2.70. The Bertz CT molecular complexity index is 582. The summed E-state index contributed by atoms with van der Waals surface area (Å²) < 4.78 is 13.2. The third-order valence-electron chi connectivity index (χ3n) is 5.25. The maximum Gasteiger partial charge on any atom is 0.295 e. The molecule has 0 spiro atoms. The molecule has 2 aliphatic heterocycles. The minimum atomic E-state index is -0.579. The fourth-order valence-corrected chi connectivity index (χ4v) is 3.77. The van der Waals surface area contributed by atoms with Crippen LogP contribution in [-0.4, -0.2) is 60.0 Å². The third kappa shape index (κ3) is 4.02. The van der Waals surface area contributed by atoms with Crippen LogP contribution in [0.4, 0.5) is 15.8 Å². The van der Waals surface area contributed by atoms with E-state index in [0.29, 0.717) is 11.7 Å². The number of hydrogen-bond donors (Lipinski definition) is 1. The smallest absolute Gasteiger partial charge is 0.295 e. The molecule has 3 rings (SSSR count). The molecular weight excluding hydrogens is 311 g/mol. The summed E-state index contributed by atoms with van der Waals surface area (Å²) in [4.78, 5) is 15.5. The molecule has 0 amide bonds. The van der Waals surface area contributed by atoms with Gasteiger partial charge in [0.25, 0.3) is 5.69 Å². The molecule has 0 radical (unpaired) electrons. The minimum absolute atomic E-state index is 0.187. The Morgan fingerprint density at radius 2 is 1.83 bits per heavy atom. The van der Waals surface area contributed by atoms with Gasteiger partial charge in [0.2, 0.25) is 0 Å². The van der Waals surface area contributed by atoms with Gasteiger partial charge in [-0.05, 0) is 58.0 Å². The van der Waals surface area contributed by atoms with Crippen LogP contribution < -0.4 is 5.32 Å². The number of rotatable bonds is 4. The average Bonchev–Trinajstić information content (AvgIpc) is 2.58. The SMILES string of the molecule is CN1CCC(N2CCC(Nc3ccc(F)cc3[N+](=O)[O-])CC2)CC1. The molecule has 1 aromatic rings. The number of nitro benzene ring substituents is 1. The highest BCUT2D eigenvalue weighted by atomic mass is 19.1. The lowest BCUT2D eigenvalue weighted by molar-refractivity contribution is -0.384. The fourth-order valence-electron chi connectivity index (χ4n) is 3.77. The lowest BCUT2D eigenvalue weighted by atomic mass is 9.98. The Kier molecular flexibility index (Phi) is 5.30. The Labute approximate surface area is 141 Å². The maximum atomic E-state index is 13.2. The van der Waals surface area contributed by atoms with Gasteiger partial charge in [-0.1, -0.05) is 0 Å². The van der Waals surface area contributed by atoms with Gasteiger partial charge >= 0.3 is 0 Å². The number of nitro groups is 1. The van der Waals surface area contributed by atoms with Crippen molar-refractivity contribution in [3.05, 3.63) is 34.1 Å². The zero-order valence-electron chi connectivity index (χ0n) is 14.1. The Balaban J connectivity index is 1.55. The summed E-state index contributed by atoms with van der Waals surface area (Å²) in [6, 6.07) is 4.59. The summed E-state index contributed by atoms with van der Waals surface area (Å²) in [5.41, 5.74) is 0.229. The first-order chi connectivity index (χ1) is 11.5. The number of piperidine rings is 2. The first-order valence-corrected chi connectivity index (χ1v) is 8.66. The second kappa shape index (κ2) is 7.44. The number of halogens is 1. The molecule has 0 atom stereocenters. The lowest BCUT2D eigenvalue weighted by Crippen LogP contribution is -2.48. The topological polar surface area (TPSA) is 61.6 Å². The summed E-state index contributed by atoms with van der Waals surface area (Å²) in [5, 5.41) is 14.3. The van der Waals surface area contributed by atoms with Gasteiger partial charge in [0.1, 0.15) is 11.5 Å². The van der Waals surface area contributed by atoms with Crippen LogP contribution in [0.25, 0.3) is 0 Å². The van der Waals surface area contributed by atoms with Crippen molar-refractivity contribution in [2.24, 2.45) is 0 Å². The van der Waals surface area contributed by atoms with E-state index in [1.165, 1.54) is 25.0 Å². The summed E-state index contributed by atoms with van der Waals surface area (Å²) >= 11 is 0. The van der Waals surface area contributed by atoms with Crippen LogP contribution in [-0.2, 0) is 0 Å². The van der Waals surface area contributed by atoms with Crippen molar-refractivity contribution < 1.29 is 9.31 Å². The molecular formula is C17H25FN4O2. The minimum Gasteiger partial charge on any atom is -0.377 e. The standard InChI is InChI=1S/C17H25FN4O2/c1-20-8-6-15(7-9-20)21-10-4-14(5-11-21)19-16-3-2-13(18)12-17(16)22(23)24/h2-3,12,14-15,19H,4-11H2,1H3. The molecule has 0 aliphatic carbocycles. The Morgan fingerprint density at radius 3 is 2.46 bits per heavy atom. The number of hydrogen-bond acceptors (Lipinski definition) is 5. The van der Waals surface area contributed by atoms with E-state index >= 15 is 0 Å². The van der Waals surface area contributed by atoms with Crippen molar-refractivity contribution in [2.45, 2.75) is 37.8 Å². The van der Waals surface area contributed by atoms with Crippen molar-refractivity contribution in [1.82, 2.24) is 9.80 Å². The molecule has 0 bridgehead atoms. The molecule has 2 saturated heterocycles. The molecule has 2 aliphatic rings. The van der Waals surface area contributed by atoms with Gasteiger partial charge in [-0.2, -0.15) is 0 Å². The van der Waals surface area contributed by atoms with Crippen molar-refractivity contribution in [3.8, 4) is 0 Å². The number of anilines is 1. The zero-order valence-corrected chi connectivity index (χ0v) is 14.1. The summed E-state index contributed by atoms with van der Waals surface area (Å²) in [6.07, 6.45) is 4.36. The second-order valence-corrected chi connectivity index (χ2v) is 6.91. The molecule has 2 fully saturated rings. The Morgan fingerprint density at radius 1 is 1.17 bits per heavy atom. The van der Waals surface area contributed by atoms with Crippen molar-refractivity contribution in [2.75, 3.05) is 38.5 Å². The highest BCUT2D eigenvalue weighted by Gasteiger charge is 2.28. The monoisotopic (exact) mass is 336 g/mol. The van der Waals surface area contributed by atoms with Gasteiger partial charge in [0.05, 0.1) is 11.0 Å². The summed E-state index contributed by atoms with van der Waals surface area (Å²) in [6.45, 7) is 4.34. The first kappa shape index (κ1) is 17.1. The molecule has 0 saturated carbocycles.